The molecule has 5 rings (SSSR count). The van der Waals surface area contributed by atoms with Crippen molar-refractivity contribution in [3.05, 3.63) is 101 Å². The molecule has 38 heavy (non-hydrogen) atoms. The summed E-state index contributed by atoms with van der Waals surface area (Å²) in [7, 11) is 0. The van der Waals surface area contributed by atoms with Crippen molar-refractivity contribution >= 4 is 28.2 Å². The molecule has 0 atom stereocenters. The first-order valence-corrected chi connectivity index (χ1v) is 12.3. The van der Waals surface area contributed by atoms with E-state index in [1.54, 1.807) is 34.9 Å². The van der Waals surface area contributed by atoms with Crippen LogP contribution in [0.3, 0.4) is 0 Å². The summed E-state index contributed by atoms with van der Waals surface area (Å²) < 4.78 is 1.77. The van der Waals surface area contributed by atoms with E-state index in [-0.39, 0.29) is 22.9 Å². The summed E-state index contributed by atoms with van der Waals surface area (Å²) in [5.74, 6) is -1.24. The van der Waals surface area contributed by atoms with Crippen LogP contribution < -0.4 is 0 Å². The number of benzene rings is 4. The SMILES string of the molecule is CCc1ccc2c(N=Nc3cccc(-c4cccc(C(=O)O)c4)c3O)c(O)n(-c3ccc(C)c(C)c3)c2c1. The van der Waals surface area contributed by atoms with Crippen LogP contribution in [0.1, 0.15) is 34.0 Å². The molecule has 7 nitrogen and oxygen atoms in total. The van der Waals surface area contributed by atoms with Gasteiger partial charge in [-0.15, -0.1) is 10.2 Å². The Kier molecular flexibility index (Phi) is 6.43. The maximum Gasteiger partial charge on any atom is 0.335 e. The van der Waals surface area contributed by atoms with Crippen molar-refractivity contribution in [3.8, 4) is 28.4 Å². The third kappa shape index (κ3) is 4.39. The fourth-order valence-corrected chi connectivity index (χ4v) is 4.52. The van der Waals surface area contributed by atoms with E-state index in [0.717, 1.165) is 39.7 Å². The topological polar surface area (TPSA) is 107 Å². The Balaban J connectivity index is 1.63. The second kappa shape index (κ2) is 9.86. The molecule has 5 aromatic rings. The number of phenols is 1. The number of aromatic hydroxyl groups is 2. The highest BCUT2D eigenvalue weighted by Crippen LogP contribution is 2.44. The molecule has 0 amide bonds. The monoisotopic (exact) mass is 505 g/mol. The molecule has 7 heteroatoms. The number of azo groups is 1. The summed E-state index contributed by atoms with van der Waals surface area (Å²) in [6, 6.07) is 23.3. The Hall–Kier alpha value is -4.91. The average Bonchev–Trinajstić information content (AvgIpc) is 3.19. The van der Waals surface area contributed by atoms with Crippen molar-refractivity contribution in [1.82, 2.24) is 4.57 Å². The molecule has 190 valence electrons. The highest BCUT2D eigenvalue weighted by atomic mass is 16.4. The molecule has 0 saturated heterocycles. The Morgan fingerprint density at radius 1 is 0.868 bits per heavy atom. The van der Waals surface area contributed by atoms with Crippen LogP contribution in [0.2, 0.25) is 0 Å². The molecular weight excluding hydrogens is 478 g/mol. The van der Waals surface area contributed by atoms with Crippen LogP contribution in [0.4, 0.5) is 11.4 Å². The van der Waals surface area contributed by atoms with E-state index in [1.165, 1.54) is 12.1 Å². The van der Waals surface area contributed by atoms with Gasteiger partial charge in [-0.2, -0.15) is 0 Å². The van der Waals surface area contributed by atoms with Gasteiger partial charge >= 0.3 is 5.97 Å². The van der Waals surface area contributed by atoms with E-state index >= 15 is 0 Å². The van der Waals surface area contributed by atoms with Gasteiger partial charge in [-0.3, -0.25) is 4.57 Å². The van der Waals surface area contributed by atoms with Crippen LogP contribution in [0, 0.1) is 13.8 Å². The fourth-order valence-electron chi connectivity index (χ4n) is 4.52. The lowest BCUT2D eigenvalue weighted by molar-refractivity contribution is 0.0697. The van der Waals surface area contributed by atoms with Crippen LogP contribution in [-0.4, -0.2) is 25.9 Å². The molecule has 1 heterocycles. The van der Waals surface area contributed by atoms with Gasteiger partial charge in [0.25, 0.3) is 0 Å². The zero-order valence-corrected chi connectivity index (χ0v) is 21.3. The fraction of sp³-hybridized carbons (Fsp3) is 0.129. The summed E-state index contributed by atoms with van der Waals surface area (Å²) in [4.78, 5) is 11.4. The van der Waals surface area contributed by atoms with E-state index in [1.807, 2.05) is 50.2 Å². The number of hydrogen-bond acceptors (Lipinski definition) is 5. The highest BCUT2D eigenvalue weighted by molar-refractivity contribution is 5.97. The lowest BCUT2D eigenvalue weighted by atomic mass is 10.0. The number of carbonyl (C=O) groups is 1. The summed E-state index contributed by atoms with van der Waals surface area (Å²) in [6.45, 7) is 6.15. The van der Waals surface area contributed by atoms with Crippen molar-refractivity contribution in [2.24, 2.45) is 10.2 Å². The van der Waals surface area contributed by atoms with Crippen molar-refractivity contribution < 1.29 is 20.1 Å². The van der Waals surface area contributed by atoms with Crippen LogP contribution in [0.25, 0.3) is 27.7 Å². The summed E-state index contributed by atoms with van der Waals surface area (Å²) in [5.41, 5.74) is 6.58. The minimum atomic E-state index is -1.05. The summed E-state index contributed by atoms with van der Waals surface area (Å²) in [6.07, 6.45) is 0.843. The van der Waals surface area contributed by atoms with E-state index in [4.69, 9.17) is 0 Å². The number of phenolic OH excluding ortho intramolecular Hbond substituents is 1. The minimum Gasteiger partial charge on any atom is -0.505 e. The lowest BCUT2D eigenvalue weighted by Crippen LogP contribution is -1.95. The number of carboxylic acid groups (broad SMARTS) is 1. The second-order valence-electron chi connectivity index (χ2n) is 9.24. The minimum absolute atomic E-state index is 0.0509. The predicted molar refractivity (Wildman–Crippen MR) is 148 cm³/mol. The molecule has 1 aromatic heterocycles. The second-order valence-corrected chi connectivity index (χ2v) is 9.24. The normalized spacial score (nSPS) is 11.4. The number of hydrogen-bond donors (Lipinski definition) is 3. The van der Waals surface area contributed by atoms with Crippen molar-refractivity contribution in [1.29, 1.82) is 0 Å². The first-order chi connectivity index (χ1) is 18.3. The number of aromatic carboxylic acids is 1. The molecule has 0 aliphatic carbocycles. The summed E-state index contributed by atoms with van der Waals surface area (Å²) >= 11 is 0. The van der Waals surface area contributed by atoms with Crippen LogP contribution in [-0.2, 0) is 6.42 Å². The number of aromatic nitrogens is 1. The Morgan fingerprint density at radius 3 is 2.39 bits per heavy atom. The van der Waals surface area contributed by atoms with Gasteiger partial charge in [0.2, 0.25) is 5.88 Å². The Morgan fingerprint density at radius 2 is 1.66 bits per heavy atom. The molecule has 0 aliphatic rings. The standard InChI is InChI=1S/C31H27N3O4/c1-4-20-12-14-25-27(16-20)34(23-13-11-18(2)19(3)15-23)30(36)28(25)33-32-26-10-6-9-24(29(26)35)21-7-5-8-22(17-21)31(37)38/h5-17,35-36H,4H2,1-3H3,(H,37,38). The molecule has 0 unspecified atom stereocenters. The molecule has 0 radical (unpaired) electrons. The molecule has 0 fully saturated rings. The molecule has 0 saturated carbocycles. The number of rotatable bonds is 6. The van der Waals surface area contributed by atoms with Gasteiger partial charge in [-0.25, -0.2) is 4.79 Å². The molecule has 0 spiro atoms. The smallest absolute Gasteiger partial charge is 0.335 e. The quantitative estimate of drug-likeness (QED) is 0.203. The molecule has 4 aromatic carbocycles. The average molecular weight is 506 g/mol. The van der Waals surface area contributed by atoms with Gasteiger partial charge in [0, 0.05) is 16.6 Å². The van der Waals surface area contributed by atoms with Gasteiger partial charge in [-0.05, 0) is 78.9 Å². The number of fused-ring (bicyclic) bond motifs is 1. The number of aryl methyl sites for hydroxylation is 3. The maximum atomic E-state index is 11.4. The van der Waals surface area contributed by atoms with Crippen LogP contribution in [0.15, 0.2) is 89.1 Å². The maximum absolute atomic E-state index is 11.4. The highest BCUT2D eigenvalue weighted by Gasteiger charge is 2.19. The third-order valence-corrected chi connectivity index (χ3v) is 6.83. The van der Waals surface area contributed by atoms with Crippen molar-refractivity contribution in [3.63, 3.8) is 0 Å². The Labute approximate surface area is 220 Å². The van der Waals surface area contributed by atoms with E-state index in [0.29, 0.717) is 16.8 Å². The zero-order chi connectivity index (χ0) is 27.0. The van der Waals surface area contributed by atoms with Gasteiger partial charge in [0.15, 0.2) is 11.4 Å². The Bertz CT molecular complexity index is 1730. The number of para-hydroxylation sites is 1. The summed E-state index contributed by atoms with van der Waals surface area (Å²) in [5, 5.41) is 41.1. The van der Waals surface area contributed by atoms with Crippen LogP contribution >= 0.6 is 0 Å². The number of nitrogens with zero attached hydrogens (tertiary/aromatic N) is 3. The molecule has 0 aliphatic heterocycles. The van der Waals surface area contributed by atoms with E-state index < -0.39 is 5.97 Å². The largest absolute Gasteiger partial charge is 0.505 e. The van der Waals surface area contributed by atoms with Crippen LogP contribution in [0.5, 0.6) is 11.6 Å². The van der Waals surface area contributed by atoms with E-state index in [9.17, 15) is 20.1 Å². The van der Waals surface area contributed by atoms with Crippen molar-refractivity contribution in [2.45, 2.75) is 27.2 Å². The predicted octanol–water partition coefficient (Wildman–Crippen LogP) is 8.00. The lowest BCUT2D eigenvalue weighted by Gasteiger charge is -2.10. The van der Waals surface area contributed by atoms with Gasteiger partial charge in [0.05, 0.1) is 11.1 Å². The van der Waals surface area contributed by atoms with Gasteiger partial charge in [-0.1, -0.05) is 49.4 Å². The molecule has 3 N–H and O–H groups in total. The molecule has 0 bridgehead atoms. The first-order valence-electron chi connectivity index (χ1n) is 12.3. The third-order valence-electron chi connectivity index (χ3n) is 6.83. The number of carboxylic acids is 1. The molecular formula is C31H27N3O4. The first kappa shape index (κ1) is 24.8. The van der Waals surface area contributed by atoms with Crippen molar-refractivity contribution in [2.75, 3.05) is 0 Å². The van der Waals surface area contributed by atoms with Gasteiger partial charge < -0.3 is 15.3 Å². The zero-order valence-electron chi connectivity index (χ0n) is 21.3. The van der Waals surface area contributed by atoms with E-state index in [2.05, 4.69) is 17.2 Å². The van der Waals surface area contributed by atoms with Gasteiger partial charge in [0.1, 0.15) is 5.69 Å².